The van der Waals surface area contributed by atoms with E-state index in [9.17, 15) is 9.18 Å². The van der Waals surface area contributed by atoms with Crippen LogP contribution in [0.3, 0.4) is 0 Å². The SMILES string of the molecule is O=[C]Oc1ccc(F)cc1. The summed E-state index contributed by atoms with van der Waals surface area (Å²) >= 11 is 0. The quantitative estimate of drug-likeness (QED) is 0.616. The van der Waals surface area contributed by atoms with Crippen LogP contribution in [0.4, 0.5) is 4.39 Å². The fourth-order valence-electron chi connectivity index (χ4n) is 0.551. The van der Waals surface area contributed by atoms with E-state index in [1.165, 1.54) is 30.7 Å². The van der Waals surface area contributed by atoms with E-state index >= 15 is 0 Å². The second-order valence-electron chi connectivity index (χ2n) is 1.64. The van der Waals surface area contributed by atoms with Crippen molar-refractivity contribution in [2.75, 3.05) is 0 Å². The van der Waals surface area contributed by atoms with Gasteiger partial charge in [0.1, 0.15) is 11.6 Å². The minimum absolute atomic E-state index is 0.288. The van der Waals surface area contributed by atoms with Gasteiger partial charge in [0.25, 0.3) is 0 Å². The van der Waals surface area contributed by atoms with Gasteiger partial charge in [-0.1, -0.05) is 0 Å². The molecule has 2 nitrogen and oxygen atoms in total. The summed E-state index contributed by atoms with van der Waals surface area (Å²) in [5.74, 6) is -0.0744. The van der Waals surface area contributed by atoms with Crippen molar-refractivity contribution in [3.8, 4) is 5.75 Å². The molecular weight excluding hydrogens is 135 g/mol. The maximum atomic E-state index is 12.2. The normalized spacial score (nSPS) is 8.90. The van der Waals surface area contributed by atoms with Gasteiger partial charge in [0.2, 0.25) is 0 Å². The van der Waals surface area contributed by atoms with Gasteiger partial charge in [0.05, 0.1) is 0 Å². The number of hydrogen-bond donors (Lipinski definition) is 0. The number of ether oxygens (including phenoxy) is 1. The van der Waals surface area contributed by atoms with Crippen molar-refractivity contribution in [1.29, 1.82) is 0 Å². The van der Waals surface area contributed by atoms with Crippen LogP contribution in [0.5, 0.6) is 5.75 Å². The van der Waals surface area contributed by atoms with E-state index in [-0.39, 0.29) is 11.6 Å². The van der Waals surface area contributed by atoms with Gasteiger partial charge >= 0.3 is 6.47 Å². The summed E-state index contributed by atoms with van der Waals surface area (Å²) in [5.41, 5.74) is 0. The number of carbonyl (C=O) groups excluding carboxylic acids is 1. The average molecular weight is 139 g/mol. The van der Waals surface area contributed by atoms with E-state index in [0.717, 1.165) is 0 Å². The first-order valence-corrected chi connectivity index (χ1v) is 2.62. The van der Waals surface area contributed by atoms with Gasteiger partial charge in [-0.15, -0.1) is 0 Å². The van der Waals surface area contributed by atoms with Crippen molar-refractivity contribution in [1.82, 2.24) is 0 Å². The van der Waals surface area contributed by atoms with Crippen LogP contribution in [-0.4, -0.2) is 6.47 Å². The van der Waals surface area contributed by atoms with Gasteiger partial charge < -0.3 is 4.74 Å². The lowest BCUT2D eigenvalue weighted by Crippen LogP contribution is -1.87. The van der Waals surface area contributed by atoms with Crippen molar-refractivity contribution in [3.05, 3.63) is 30.1 Å². The Kier molecular flexibility index (Phi) is 1.99. The zero-order chi connectivity index (χ0) is 7.40. The van der Waals surface area contributed by atoms with E-state index in [4.69, 9.17) is 0 Å². The Morgan fingerprint density at radius 2 is 1.90 bits per heavy atom. The summed E-state index contributed by atoms with van der Waals surface area (Å²) in [5, 5.41) is 0. The van der Waals surface area contributed by atoms with Crippen LogP contribution in [-0.2, 0) is 4.79 Å². The highest BCUT2D eigenvalue weighted by atomic mass is 19.1. The monoisotopic (exact) mass is 139 g/mol. The summed E-state index contributed by atoms with van der Waals surface area (Å²) in [6, 6.07) is 5.10. The number of halogens is 1. The Balaban J connectivity index is 2.78. The zero-order valence-corrected chi connectivity index (χ0v) is 5.00. The molecule has 0 heterocycles. The van der Waals surface area contributed by atoms with Crippen LogP contribution in [0.2, 0.25) is 0 Å². The van der Waals surface area contributed by atoms with Crippen LogP contribution in [0.1, 0.15) is 0 Å². The molecule has 0 bridgehead atoms. The first-order valence-electron chi connectivity index (χ1n) is 2.62. The molecule has 0 fully saturated rings. The first-order chi connectivity index (χ1) is 4.83. The fourth-order valence-corrected chi connectivity index (χ4v) is 0.551. The van der Waals surface area contributed by atoms with Gasteiger partial charge in [-0.2, -0.15) is 0 Å². The maximum Gasteiger partial charge on any atom is 0.423 e. The predicted molar refractivity (Wildman–Crippen MR) is 32.7 cm³/mol. The number of hydrogen-bond acceptors (Lipinski definition) is 2. The fraction of sp³-hybridized carbons (Fsp3) is 0. The standard InChI is InChI=1S/C7H4FO2/c8-6-1-3-7(4-2-6)10-5-9/h1-4H. The number of rotatable bonds is 2. The molecule has 0 amide bonds. The highest BCUT2D eigenvalue weighted by Crippen LogP contribution is 2.09. The molecule has 1 aromatic carbocycles. The summed E-state index contributed by atoms with van der Waals surface area (Å²) in [7, 11) is 0. The largest absolute Gasteiger partial charge is 0.423 e. The van der Waals surface area contributed by atoms with Crippen molar-refractivity contribution in [2.45, 2.75) is 0 Å². The lowest BCUT2D eigenvalue weighted by Gasteiger charge is -1.92. The van der Waals surface area contributed by atoms with Crippen LogP contribution in [0, 0.1) is 5.82 Å². The minimum Gasteiger partial charge on any atom is -0.418 e. The molecule has 0 aliphatic heterocycles. The second kappa shape index (κ2) is 2.96. The lowest BCUT2D eigenvalue weighted by atomic mass is 10.3. The Hall–Kier alpha value is -1.38. The lowest BCUT2D eigenvalue weighted by molar-refractivity contribution is 0.442. The summed E-state index contributed by atoms with van der Waals surface area (Å²) in [6.07, 6.45) is 0. The highest BCUT2D eigenvalue weighted by molar-refractivity contribution is 5.45. The van der Waals surface area contributed by atoms with Crippen molar-refractivity contribution in [2.24, 2.45) is 0 Å². The molecule has 0 aliphatic carbocycles. The second-order valence-corrected chi connectivity index (χ2v) is 1.64. The van der Waals surface area contributed by atoms with Crippen LogP contribution >= 0.6 is 0 Å². The molecule has 0 spiro atoms. The molecule has 0 aromatic heterocycles. The molecule has 0 aliphatic rings. The van der Waals surface area contributed by atoms with Gasteiger partial charge in [-0.05, 0) is 24.3 Å². The van der Waals surface area contributed by atoms with E-state index in [0.29, 0.717) is 0 Å². The Labute approximate surface area is 57.2 Å². The molecule has 0 saturated heterocycles. The Morgan fingerprint density at radius 1 is 1.30 bits per heavy atom. The first kappa shape index (κ1) is 6.74. The molecule has 1 aromatic rings. The Bertz CT molecular complexity index is 218. The third-order valence-corrected chi connectivity index (χ3v) is 0.973. The smallest absolute Gasteiger partial charge is 0.418 e. The van der Waals surface area contributed by atoms with Gasteiger partial charge in [0, 0.05) is 0 Å². The summed E-state index contributed by atoms with van der Waals surface area (Å²) in [6.45, 7) is 1.23. The summed E-state index contributed by atoms with van der Waals surface area (Å²) in [4.78, 5) is 9.62. The highest BCUT2D eigenvalue weighted by Gasteiger charge is 1.91. The van der Waals surface area contributed by atoms with Crippen LogP contribution in [0.25, 0.3) is 0 Å². The van der Waals surface area contributed by atoms with Gasteiger partial charge in [0.15, 0.2) is 0 Å². The van der Waals surface area contributed by atoms with E-state index in [1.807, 2.05) is 0 Å². The van der Waals surface area contributed by atoms with Gasteiger partial charge in [-0.25, -0.2) is 9.18 Å². The maximum absolute atomic E-state index is 12.2. The van der Waals surface area contributed by atoms with E-state index < -0.39 is 0 Å². The third-order valence-electron chi connectivity index (χ3n) is 0.973. The van der Waals surface area contributed by atoms with Crippen molar-refractivity contribution >= 4 is 6.47 Å². The summed E-state index contributed by atoms with van der Waals surface area (Å²) < 4.78 is 16.5. The third kappa shape index (κ3) is 1.55. The number of benzene rings is 1. The molecule has 0 saturated carbocycles. The predicted octanol–water partition coefficient (Wildman–Crippen LogP) is 1.27. The van der Waals surface area contributed by atoms with Gasteiger partial charge in [-0.3, -0.25) is 0 Å². The average Bonchev–Trinajstić information content (AvgIpc) is 1.95. The van der Waals surface area contributed by atoms with Crippen LogP contribution in [0.15, 0.2) is 24.3 Å². The molecule has 0 unspecified atom stereocenters. The molecule has 3 heteroatoms. The minimum atomic E-state index is -0.363. The zero-order valence-electron chi connectivity index (χ0n) is 5.00. The molecule has 0 atom stereocenters. The van der Waals surface area contributed by atoms with Crippen molar-refractivity contribution in [3.63, 3.8) is 0 Å². The Morgan fingerprint density at radius 3 is 2.40 bits per heavy atom. The molecule has 51 valence electrons. The molecular formula is C7H4FO2. The topological polar surface area (TPSA) is 26.3 Å². The van der Waals surface area contributed by atoms with E-state index in [2.05, 4.69) is 4.74 Å². The molecule has 1 rings (SSSR count). The van der Waals surface area contributed by atoms with E-state index in [1.54, 1.807) is 0 Å². The molecule has 0 N–H and O–H groups in total. The van der Waals surface area contributed by atoms with Crippen molar-refractivity contribution < 1.29 is 13.9 Å². The molecule has 10 heavy (non-hydrogen) atoms. The molecule has 1 radical (unpaired) electrons. The van der Waals surface area contributed by atoms with Crippen LogP contribution < -0.4 is 4.74 Å².